The van der Waals surface area contributed by atoms with Crippen molar-refractivity contribution in [2.45, 2.75) is 90.7 Å². The molecule has 0 fully saturated rings. The topological polar surface area (TPSA) is 220 Å². The quantitative estimate of drug-likeness (QED) is 0.135. The van der Waals surface area contributed by atoms with Gasteiger partial charge in [0.1, 0.15) is 12.8 Å². The van der Waals surface area contributed by atoms with E-state index in [0.717, 1.165) is 40.1 Å². The fraction of sp³-hybridized carbons (Fsp3) is 0.739. The van der Waals surface area contributed by atoms with Crippen molar-refractivity contribution in [3.63, 3.8) is 0 Å². The molecule has 0 radical (unpaired) electrons. The second-order valence-electron chi connectivity index (χ2n) is 9.51. The van der Waals surface area contributed by atoms with Crippen molar-refractivity contribution in [1.82, 2.24) is 9.55 Å². The fourth-order valence-corrected chi connectivity index (χ4v) is 4.57. The zero-order chi connectivity index (χ0) is 32.5. The lowest BCUT2D eigenvalue weighted by Gasteiger charge is -2.42. The van der Waals surface area contributed by atoms with Gasteiger partial charge in [-0.15, -0.1) is 0 Å². The minimum Gasteiger partial charge on any atom is -0.432 e. The Balaban J connectivity index is 3.32. The summed E-state index contributed by atoms with van der Waals surface area (Å²) in [5, 5.41) is 22.0. The number of ether oxygens (including phenoxy) is 5. The summed E-state index contributed by atoms with van der Waals surface area (Å²) >= 11 is 0. The Morgan fingerprint density at radius 3 is 1.86 bits per heavy atom. The molecule has 0 aliphatic carbocycles. The zero-order valence-electron chi connectivity index (χ0n) is 24.4. The summed E-state index contributed by atoms with van der Waals surface area (Å²) in [6.45, 7) is 6.41. The van der Waals surface area contributed by atoms with Crippen molar-refractivity contribution in [2.75, 3.05) is 20.4 Å². The highest BCUT2D eigenvalue weighted by Gasteiger charge is 2.52. The van der Waals surface area contributed by atoms with E-state index in [-0.39, 0.29) is 0 Å². The number of hydrogen-bond acceptors (Lipinski definition) is 15. The Kier molecular flexibility index (Phi) is 13.8. The number of phosphoric acid groups is 1. The predicted octanol–water partition coefficient (Wildman–Crippen LogP) is 1.89. The van der Waals surface area contributed by atoms with E-state index in [4.69, 9.17) is 37.3 Å². The van der Waals surface area contributed by atoms with E-state index in [9.17, 15) is 38.3 Å². The molecule has 1 heterocycles. The highest BCUT2D eigenvalue weighted by molar-refractivity contribution is 7.48. The van der Waals surface area contributed by atoms with E-state index in [1.807, 2.05) is 4.98 Å². The Bertz CT molecular complexity index is 1160. The van der Waals surface area contributed by atoms with Crippen LogP contribution in [0.15, 0.2) is 21.9 Å². The number of carbonyl (C=O) groups is 2. The van der Waals surface area contributed by atoms with Crippen LogP contribution in [0.4, 0.5) is 14.0 Å². The summed E-state index contributed by atoms with van der Waals surface area (Å²) < 4.78 is 68.4. The highest BCUT2D eigenvalue weighted by atomic mass is 31.2. The maximum atomic E-state index is 14.5. The molecule has 2 unspecified atom stereocenters. The van der Waals surface area contributed by atoms with Gasteiger partial charge in [0.2, 0.25) is 12.6 Å². The van der Waals surface area contributed by atoms with E-state index in [0.29, 0.717) is 4.57 Å². The molecule has 1 aromatic rings. The van der Waals surface area contributed by atoms with Gasteiger partial charge >= 0.3 is 25.8 Å². The van der Waals surface area contributed by atoms with Crippen LogP contribution in [-0.2, 0) is 47.5 Å². The Labute approximate surface area is 240 Å². The minimum atomic E-state index is -5.04. The molecule has 0 spiro atoms. The molecule has 42 heavy (non-hydrogen) atoms. The molecule has 0 bridgehead atoms. The van der Waals surface area contributed by atoms with Crippen LogP contribution in [0, 0.1) is 0 Å². The van der Waals surface area contributed by atoms with Gasteiger partial charge in [0.15, 0.2) is 11.3 Å². The van der Waals surface area contributed by atoms with Crippen LogP contribution in [0.5, 0.6) is 0 Å². The number of rotatable bonds is 16. The van der Waals surface area contributed by atoms with Gasteiger partial charge in [-0.1, -0.05) is 0 Å². The second-order valence-corrected chi connectivity index (χ2v) is 11.1. The van der Waals surface area contributed by atoms with Crippen molar-refractivity contribution in [3.8, 4) is 0 Å². The largest absolute Gasteiger partial charge is 0.510 e. The van der Waals surface area contributed by atoms with Crippen molar-refractivity contribution < 1.29 is 66.0 Å². The van der Waals surface area contributed by atoms with Gasteiger partial charge in [-0.3, -0.25) is 18.9 Å². The number of aliphatic hydroxyl groups is 2. The number of aromatic amines is 1. The molecular weight excluding hydrogens is 594 g/mol. The third kappa shape index (κ3) is 10.8. The number of nitrogens with zero attached hydrogens (tertiary/aromatic N) is 1. The first-order valence-electron chi connectivity index (χ1n) is 12.5. The average molecular weight is 633 g/mol. The second kappa shape index (κ2) is 15.6. The first-order chi connectivity index (χ1) is 19.3. The molecule has 5 atom stereocenters. The normalized spacial score (nSPS) is 18.2. The van der Waals surface area contributed by atoms with Crippen molar-refractivity contribution in [1.29, 1.82) is 0 Å². The van der Waals surface area contributed by atoms with E-state index < -0.39 is 86.9 Å². The number of phosphoric ester groups is 1. The van der Waals surface area contributed by atoms with E-state index >= 15 is 0 Å². The third-order valence-electron chi connectivity index (χ3n) is 5.17. The number of halogens is 1. The molecule has 0 saturated carbocycles. The Hall–Kier alpha value is -2.86. The summed E-state index contributed by atoms with van der Waals surface area (Å²) in [4.78, 5) is 49.2. The molecule has 0 aromatic carbocycles. The summed E-state index contributed by atoms with van der Waals surface area (Å²) in [5.41, 5.74) is -7.19. The number of methoxy groups -OCH3 is 1. The van der Waals surface area contributed by atoms with Gasteiger partial charge in [0.25, 0.3) is 5.56 Å². The van der Waals surface area contributed by atoms with E-state index in [2.05, 4.69) is 0 Å². The molecule has 0 aliphatic heterocycles. The van der Waals surface area contributed by atoms with Crippen molar-refractivity contribution >= 4 is 20.1 Å². The SMILES string of the molecule is CO[C@](CF)(COP(=O)(OC(C)OC(=O)OC(C)C)OC(C)OC(=O)OC(C)C)[C@@H](O)[C@@](C)(O)n1ccc(=O)[nH]c1=O. The lowest BCUT2D eigenvalue weighted by Crippen LogP contribution is -2.62. The van der Waals surface area contributed by atoms with Crippen molar-refractivity contribution in [3.05, 3.63) is 33.1 Å². The molecule has 1 rings (SSSR count). The Morgan fingerprint density at radius 2 is 1.48 bits per heavy atom. The first-order valence-corrected chi connectivity index (χ1v) is 14.0. The number of alkyl halides is 1. The van der Waals surface area contributed by atoms with Crippen LogP contribution < -0.4 is 11.2 Å². The zero-order valence-corrected chi connectivity index (χ0v) is 25.3. The summed E-state index contributed by atoms with van der Waals surface area (Å²) in [6, 6.07) is 0.857. The standard InChI is InChI=1S/C23H38FN2O15P/c1-13(2)36-20(30)38-15(5)40-42(33,41-16(6)39-21(31)37-14(3)4)35-12-23(11-24,34-8)18(28)22(7,32)26-10-9-17(27)25-19(26)29/h9-10,13-16,18,28,32H,11-12H2,1-8H3,(H,25,27,29)/t15?,16?,18-,22+,23+,42?/m0/s1. The molecule has 19 heteroatoms. The van der Waals surface area contributed by atoms with Gasteiger partial charge in [-0.25, -0.2) is 32.4 Å². The maximum absolute atomic E-state index is 14.5. The molecular formula is C23H38FN2O15P. The summed E-state index contributed by atoms with van der Waals surface area (Å²) in [7, 11) is -4.13. The summed E-state index contributed by atoms with van der Waals surface area (Å²) in [5.74, 6) is 0. The number of aromatic nitrogens is 2. The number of carbonyl (C=O) groups excluding carboxylic acids is 2. The lowest BCUT2D eigenvalue weighted by molar-refractivity contribution is -0.228. The van der Waals surface area contributed by atoms with Gasteiger partial charge < -0.3 is 33.9 Å². The van der Waals surface area contributed by atoms with Crippen LogP contribution in [0.25, 0.3) is 0 Å². The van der Waals surface area contributed by atoms with Crippen molar-refractivity contribution in [2.24, 2.45) is 0 Å². The van der Waals surface area contributed by atoms with E-state index in [1.54, 1.807) is 0 Å². The maximum Gasteiger partial charge on any atom is 0.510 e. The fourth-order valence-electron chi connectivity index (χ4n) is 3.21. The lowest BCUT2D eigenvalue weighted by atomic mass is 9.90. The molecule has 3 N–H and O–H groups in total. The molecule has 17 nitrogen and oxygen atoms in total. The van der Waals surface area contributed by atoms with E-state index in [1.165, 1.54) is 27.7 Å². The van der Waals surface area contributed by atoms with Gasteiger partial charge in [0, 0.05) is 19.4 Å². The van der Waals surface area contributed by atoms with Gasteiger partial charge in [-0.05, 0) is 48.5 Å². The molecule has 0 saturated heterocycles. The van der Waals surface area contributed by atoms with Crippen LogP contribution >= 0.6 is 7.82 Å². The molecule has 1 aromatic heterocycles. The van der Waals surface area contributed by atoms with Gasteiger partial charge in [-0.2, -0.15) is 0 Å². The average Bonchev–Trinajstić information content (AvgIpc) is 2.82. The van der Waals surface area contributed by atoms with Crippen LogP contribution in [-0.4, -0.2) is 89.0 Å². The Morgan fingerprint density at radius 1 is 1.00 bits per heavy atom. The molecule has 0 aliphatic rings. The van der Waals surface area contributed by atoms with Crippen LogP contribution in [0.3, 0.4) is 0 Å². The first kappa shape index (κ1) is 37.2. The molecule has 242 valence electrons. The van der Waals surface area contributed by atoms with Gasteiger partial charge in [0.05, 0.1) is 18.8 Å². The smallest absolute Gasteiger partial charge is 0.432 e. The predicted molar refractivity (Wildman–Crippen MR) is 139 cm³/mol. The van der Waals surface area contributed by atoms with Crippen LogP contribution in [0.2, 0.25) is 0 Å². The third-order valence-corrected chi connectivity index (χ3v) is 6.73. The summed E-state index contributed by atoms with van der Waals surface area (Å²) in [6.07, 6.45) is -8.49. The number of hydrogen-bond donors (Lipinski definition) is 3. The minimum absolute atomic E-state index is 0.488. The highest BCUT2D eigenvalue weighted by Crippen LogP contribution is 2.53. The van der Waals surface area contributed by atoms with Crippen LogP contribution in [0.1, 0.15) is 48.5 Å². The number of H-pyrrole nitrogens is 1. The number of nitrogens with one attached hydrogen (secondary N) is 1. The monoisotopic (exact) mass is 632 g/mol. The number of aliphatic hydroxyl groups excluding tert-OH is 1. The molecule has 0 amide bonds.